The minimum Gasteiger partial charge on any atom is -0.476 e. The number of aromatic carboxylic acids is 1. The zero-order valence-corrected chi connectivity index (χ0v) is 11.4. The lowest BCUT2D eigenvalue weighted by molar-refractivity contribution is 0.0691. The molecule has 4 nitrogen and oxygen atoms in total. The molecule has 0 atom stereocenters. The summed E-state index contributed by atoms with van der Waals surface area (Å²) >= 11 is 1.59. The van der Waals surface area contributed by atoms with Crippen molar-refractivity contribution in [2.45, 2.75) is 45.4 Å². The topological polar surface area (TPSA) is 54.6 Å². The summed E-state index contributed by atoms with van der Waals surface area (Å²) in [6, 6.07) is 0. The second kappa shape index (κ2) is 6.00. The number of nitrogens with zero attached hydrogens (tertiary/aromatic N) is 2. The smallest absolute Gasteiger partial charge is 0.356 e. The van der Waals surface area contributed by atoms with E-state index in [1.165, 1.54) is 37.0 Å². The molecule has 0 aliphatic rings. The van der Waals surface area contributed by atoms with E-state index in [1.807, 2.05) is 10.6 Å². The zero-order chi connectivity index (χ0) is 13.0. The van der Waals surface area contributed by atoms with Gasteiger partial charge in [0.05, 0.1) is 0 Å². The monoisotopic (exact) mass is 266 g/mol. The first kappa shape index (κ1) is 13.1. The van der Waals surface area contributed by atoms with Gasteiger partial charge in [-0.05, 0) is 12.8 Å². The first-order valence-corrected chi connectivity index (χ1v) is 7.23. The molecular weight excluding hydrogens is 248 g/mol. The van der Waals surface area contributed by atoms with Crippen LogP contribution in [-0.2, 0) is 6.42 Å². The molecule has 2 heterocycles. The summed E-state index contributed by atoms with van der Waals surface area (Å²) in [4.78, 5) is 16.9. The van der Waals surface area contributed by atoms with Crippen molar-refractivity contribution < 1.29 is 9.90 Å². The number of carboxylic acids is 1. The quantitative estimate of drug-likeness (QED) is 0.779. The van der Waals surface area contributed by atoms with Crippen LogP contribution < -0.4 is 0 Å². The van der Waals surface area contributed by atoms with Gasteiger partial charge < -0.3 is 5.11 Å². The SMILES string of the molecule is CCCCCCCc1cn2cc(C(=O)O)nc2s1. The first-order chi connectivity index (χ1) is 8.70. The molecule has 5 heteroatoms. The van der Waals surface area contributed by atoms with Crippen molar-refractivity contribution in [3.05, 3.63) is 23.0 Å². The van der Waals surface area contributed by atoms with Crippen LogP contribution in [0.4, 0.5) is 0 Å². The van der Waals surface area contributed by atoms with Crippen LogP contribution in [-0.4, -0.2) is 20.5 Å². The van der Waals surface area contributed by atoms with Crippen LogP contribution in [0.15, 0.2) is 12.4 Å². The Bertz CT molecular complexity index is 499. The average Bonchev–Trinajstić information content (AvgIpc) is 2.86. The number of thiazole rings is 1. The maximum Gasteiger partial charge on any atom is 0.356 e. The van der Waals surface area contributed by atoms with Crippen molar-refractivity contribution >= 4 is 22.3 Å². The number of fused-ring (bicyclic) bond motifs is 1. The highest BCUT2D eigenvalue weighted by Gasteiger charge is 2.10. The predicted octanol–water partition coefficient (Wildman–Crippen LogP) is 3.61. The summed E-state index contributed by atoms with van der Waals surface area (Å²) < 4.78 is 1.81. The molecule has 1 N–H and O–H groups in total. The Morgan fingerprint density at radius 1 is 1.33 bits per heavy atom. The predicted molar refractivity (Wildman–Crippen MR) is 72.5 cm³/mol. The Morgan fingerprint density at radius 2 is 2.11 bits per heavy atom. The van der Waals surface area contributed by atoms with E-state index in [0.29, 0.717) is 0 Å². The van der Waals surface area contributed by atoms with Crippen LogP contribution in [0.2, 0.25) is 0 Å². The zero-order valence-electron chi connectivity index (χ0n) is 10.6. The molecule has 0 radical (unpaired) electrons. The van der Waals surface area contributed by atoms with Gasteiger partial charge in [-0.1, -0.05) is 32.6 Å². The number of rotatable bonds is 7. The second-order valence-corrected chi connectivity index (χ2v) is 5.58. The third kappa shape index (κ3) is 3.10. The van der Waals surface area contributed by atoms with Gasteiger partial charge in [0.15, 0.2) is 10.7 Å². The lowest BCUT2D eigenvalue weighted by atomic mass is 10.1. The maximum atomic E-state index is 10.8. The van der Waals surface area contributed by atoms with Gasteiger partial charge in [0.1, 0.15) is 0 Å². The molecule has 0 aromatic carbocycles. The fourth-order valence-electron chi connectivity index (χ4n) is 1.96. The maximum absolute atomic E-state index is 10.8. The molecule has 0 aliphatic heterocycles. The Hall–Kier alpha value is -1.36. The highest BCUT2D eigenvalue weighted by molar-refractivity contribution is 7.17. The molecule has 0 saturated heterocycles. The molecule has 0 aliphatic carbocycles. The van der Waals surface area contributed by atoms with E-state index in [-0.39, 0.29) is 5.69 Å². The number of aromatic nitrogens is 2. The lowest BCUT2D eigenvalue weighted by Crippen LogP contribution is -1.95. The van der Waals surface area contributed by atoms with Crippen molar-refractivity contribution in [1.29, 1.82) is 0 Å². The highest BCUT2D eigenvalue weighted by Crippen LogP contribution is 2.20. The van der Waals surface area contributed by atoms with Crippen molar-refractivity contribution in [2.75, 3.05) is 0 Å². The van der Waals surface area contributed by atoms with Crippen LogP contribution in [0.25, 0.3) is 4.96 Å². The minimum atomic E-state index is -0.966. The van der Waals surface area contributed by atoms with Crippen molar-refractivity contribution in [3.63, 3.8) is 0 Å². The molecule has 2 rings (SSSR count). The van der Waals surface area contributed by atoms with Gasteiger partial charge in [-0.3, -0.25) is 4.40 Å². The van der Waals surface area contributed by atoms with Gasteiger partial charge in [0, 0.05) is 17.3 Å². The second-order valence-electron chi connectivity index (χ2n) is 4.48. The molecule has 0 unspecified atom stereocenters. The molecule has 0 fully saturated rings. The van der Waals surface area contributed by atoms with Crippen molar-refractivity contribution in [2.24, 2.45) is 0 Å². The van der Waals surface area contributed by atoms with Gasteiger partial charge >= 0.3 is 5.97 Å². The number of hydrogen-bond acceptors (Lipinski definition) is 3. The summed E-state index contributed by atoms with van der Waals surface area (Å²) in [6.07, 6.45) is 11.0. The molecule has 2 aromatic heterocycles. The number of unbranched alkanes of at least 4 members (excludes halogenated alkanes) is 4. The average molecular weight is 266 g/mol. The normalized spacial score (nSPS) is 11.2. The Labute approximate surface area is 110 Å². The molecule has 0 spiro atoms. The van der Waals surface area contributed by atoms with E-state index < -0.39 is 5.97 Å². The highest BCUT2D eigenvalue weighted by atomic mass is 32.1. The van der Waals surface area contributed by atoms with Gasteiger partial charge in [-0.2, -0.15) is 0 Å². The van der Waals surface area contributed by atoms with Crippen LogP contribution in [0, 0.1) is 0 Å². The van der Waals surface area contributed by atoms with E-state index in [1.54, 1.807) is 17.5 Å². The molecule has 0 amide bonds. The van der Waals surface area contributed by atoms with Crippen LogP contribution in [0.1, 0.15) is 54.4 Å². The van der Waals surface area contributed by atoms with Gasteiger partial charge in [-0.15, -0.1) is 11.3 Å². The fourth-order valence-corrected chi connectivity index (χ4v) is 2.97. The summed E-state index contributed by atoms with van der Waals surface area (Å²) in [6.45, 7) is 2.22. The van der Waals surface area contributed by atoms with E-state index >= 15 is 0 Å². The van der Waals surface area contributed by atoms with Gasteiger partial charge in [-0.25, -0.2) is 9.78 Å². The van der Waals surface area contributed by atoms with E-state index in [4.69, 9.17) is 5.11 Å². The number of hydrogen-bond donors (Lipinski definition) is 1. The Kier molecular flexibility index (Phi) is 4.36. The summed E-state index contributed by atoms with van der Waals surface area (Å²) in [5.74, 6) is -0.966. The number of carbonyl (C=O) groups is 1. The summed E-state index contributed by atoms with van der Waals surface area (Å²) in [7, 11) is 0. The Morgan fingerprint density at radius 3 is 2.78 bits per heavy atom. The van der Waals surface area contributed by atoms with Gasteiger partial charge in [0.2, 0.25) is 0 Å². The Balaban J connectivity index is 1.90. The molecule has 0 saturated carbocycles. The largest absolute Gasteiger partial charge is 0.476 e. The van der Waals surface area contributed by atoms with E-state index in [0.717, 1.165) is 11.4 Å². The molecule has 98 valence electrons. The third-order valence-corrected chi connectivity index (χ3v) is 4.01. The van der Waals surface area contributed by atoms with Crippen molar-refractivity contribution in [1.82, 2.24) is 9.38 Å². The number of imidazole rings is 1. The van der Waals surface area contributed by atoms with E-state index in [9.17, 15) is 4.79 Å². The van der Waals surface area contributed by atoms with Crippen LogP contribution in [0.5, 0.6) is 0 Å². The first-order valence-electron chi connectivity index (χ1n) is 6.41. The standard InChI is InChI=1S/C13H18N2O2S/c1-2-3-4-5-6-7-10-8-15-9-11(12(16)17)14-13(15)18-10/h8-9H,2-7H2,1H3,(H,16,17). The van der Waals surface area contributed by atoms with Crippen molar-refractivity contribution in [3.8, 4) is 0 Å². The molecule has 18 heavy (non-hydrogen) atoms. The lowest BCUT2D eigenvalue weighted by Gasteiger charge is -1.97. The molecule has 2 aromatic rings. The van der Waals surface area contributed by atoms with Gasteiger partial charge in [0.25, 0.3) is 0 Å². The summed E-state index contributed by atoms with van der Waals surface area (Å²) in [5.41, 5.74) is 0.121. The van der Waals surface area contributed by atoms with E-state index in [2.05, 4.69) is 11.9 Å². The molecule has 0 bridgehead atoms. The molecular formula is C13H18N2O2S. The number of carboxylic acid groups (broad SMARTS) is 1. The van der Waals surface area contributed by atoms with Crippen LogP contribution >= 0.6 is 11.3 Å². The third-order valence-electron chi connectivity index (χ3n) is 2.95. The fraction of sp³-hybridized carbons (Fsp3) is 0.538. The summed E-state index contributed by atoms with van der Waals surface area (Å²) in [5, 5.41) is 8.83. The minimum absolute atomic E-state index is 0.121. The van der Waals surface area contributed by atoms with Crippen LogP contribution in [0.3, 0.4) is 0 Å². The number of aryl methyl sites for hydroxylation is 1.